The van der Waals surface area contributed by atoms with Crippen LogP contribution >= 0.6 is 23.2 Å². The second-order valence-electron chi connectivity index (χ2n) is 4.93. The van der Waals surface area contributed by atoms with Crippen molar-refractivity contribution in [1.29, 1.82) is 0 Å². The quantitative estimate of drug-likeness (QED) is 0.779. The van der Waals surface area contributed by atoms with E-state index in [1.807, 2.05) is 19.0 Å². The Morgan fingerprint density at radius 3 is 2.25 bits per heavy atom. The Morgan fingerprint density at radius 1 is 1.30 bits per heavy atom. The molecule has 0 amide bonds. The zero-order chi connectivity index (χ0) is 15.5. The molecule has 0 heterocycles. The minimum atomic E-state index is -3.77. The summed E-state index contributed by atoms with van der Waals surface area (Å²) < 4.78 is 27.2. The van der Waals surface area contributed by atoms with Crippen LogP contribution in [0.1, 0.15) is 13.3 Å². The molecule has 1 aromatic rings. The summed E-state index contributed by atoms with van der Waals surface area (Å²) in [6.07, 6.45) is 0.677. The lowest BCUT2D eigenvalue weighted by Gasteiger charge is -2.18. The number of rotatable bonds is 6. The third-order valence-electron chi connectivity index (χ3n) is 2.66. The summed E-state index contributed by atoms with van der Waals surface area (Å²) in [7, 11) is 0.0776. The third kappa shape index (κ3) is 4.79. The Hall–Kier alpha value is -0.530. The van der Waals surface area contributed by atoms with Crippen molar-refractivity contribution >= 4 is 38.9 Å². The van der Waals surface area contributed by atoms with Crippen molar-refractivity contribution in [1.82, 2.24) is 9.62 Å². The summed E-state index contributed by atoms with van der Waals surface area (Å²) in [4.78, 5) is 1.85. The number of halogens is 2. The lowest BCUT2D eigenvalue weighted by molar-refractivity contribution is 0.379. The smallest absolute Gasteiger partial charge is 0.243 e. The Bertz CT molecular complexity index is 553. The lowest BCUT2D eigenvalue weighted by Crippen LogP contribution is -2.35. The van der Waals surface area contributed by atoms with Crippen molar-refractivity contribution < 1.29 is 8.42 Å². The molecule has 0 saturated heterocycles. The van der Waals surface area contributed by atoms with Crippen molar-refractivity contribution in [3.8, 4) is 0 Å². The maximum atomic E-state index is 12.3. The summed E-state index contributed by atoms with van der Waals surface area (Å²) in [5.41, 5.74) is 5.88. The van der Waals surface area contributed by atoms with Gasteiger partial charge in [-0.15, -0.1) is 0 Å². The van der Waals surface area contributed by atoms with Crippen LogP contribution in [0.15, 0.2) is 17.0 Å². The standard InChI is InChI=1S/C12H19Cl2N3O2S/c1-8(4-5-17(2)3)16-20(18,19)12-10(13)6-9(15)7-11(12)14/h6-8,16H,4-5,15H2,1-3H3. The molecule has 114 valence electrons. The largest absolute Gasteiger partial charge is 0.399 e. The number of nitrogen functional groups attached to an aromatic ring is 1. The minimum absolute atomic E-state index is 0.0160. The number of nitrogens with two attached hydrogens (primary N) is 1. The molecule has 0 aliphatic carbocycles. The summed E-state index contributed by atoms with van der Waals surface area (Å²) in [5.74, 6) is 0. The zero-order valence-corrected chi connectivity index (χ0v) is 14.0. The van der Waals surface area contributed by atoms with E-state index >= 15 is 0 Å². The molecule has 0 fully saturated rings. The normalized spacial score (nSPS) is 13.7. The van der Waals surface area contributed by atoms with E-state index in [0.29, 0.717) is 12.1 Å². The van der Waals surface area contributed by atoms with Gasteiger partial charge in [0.2, 0.25) is 10.0 Å². The van der Waals surface area contributed by atoms with Gasteiger partial charge in [-0.2, -0.15) is 0 Å². The highest BCUT2D eigenvalue weighted by atomic mass is 35.5. The van der Waals surface area contributed by atoms with E-state index < -0.39 is 10.0 Å². The number of hydrogen-bond donors (Lipinski definition) is 2. The van der Waals surface area contributed by atoms with Crippen LogP contribution in [0.2, 0.25) is 10.0 Å². The molecular weight excluding hydrogens is 321 g/mol. The highest BCUT2D eigenvalue weighted by Crippen LogP contribution is 2.31. The van der Waals surface area contributed by atoms with E-state index in [-0.39, 0.29) is 21.0 Å². The van der Waals surface area contributed by atoms with Gasteiger partial charge in [-0.05, 0) is 46.1 Å². The number of nitrogens with one attached hydrogen (secondary N) is 1. The van der Waals surface area contributed by atoms with E-state index in [2.05, 4.69) is 4.72 Å². The van der Waals surface area contributed by atoms with Gasteiger partial charge in [-0.1, -0.05) is 23.2 Å². The maximum Gasteiger partial charge on any atom is 0.243 e. The van der Waals surface area contributed by atoms with Crippen molar-refractivity contribution in [2.75, 3.05) is 26.4 Å². The Kier molecular flexibility index (Phi) is 6.09. The fraction of sp³-hybridized carbons (Fsp3) is 0.500. The SMILES string of the molecule is CC(CCN(C)C)NS(=O)(=O)c1c(Cl)cc(N)cc1Cl. The first-order chi connectivity index (χ1) is 9.13. The molecule has 0 radical (unpaired) electrons. The fourth-order valence-electron chi connectivity index (χ4n) is 1.67. The van der Waals surface area contributed by atoms with Gasteiger partial charge in [0.25, 0.3) is 0 Å². The first-order valence-corrected chi connectivity index (χ1v) is 8.29. The summed E-state index contributed by atoms with van der Waals surface area (Å²) in [5, 5.41) is 0.0321. The molecule has 1 unspecified atom stereocenters. The predicted octanol–water partition coefficient (Wildman–Crippen LogP) is 2.19. The number of nitrogens with zero attached hydrogens (tertiary/aromatic N) is 1. The first kappa shape index (κ1) is 17.5. The van der Waals surface area contributed by atoms with Gasteiger partial charge in [0.1, 0.15) is 4.90 Å². The summed E-state index contributed by atoms with van der Waals surface area (Å²) in [6, 6.07) is 2.51. The van der Waals surface area contributed by atoms with E-state index in [1.54, 1.807) is 6.92 Å². The van der Waals surface area contributed by atoms with Gasteiger partial charge in [0, 0.05) is 11.7 Å². The van der Waals surface area contributed by atoms with Crippen LogP contribution in [0.25, 0.3) is 0 Å². The molecule has 0 saturated carbocycles. The minimum Gasteiger partial charge on any atom is -0.399 e. The molecular formula is C12H19Cl2N3O2S. The number of benzene rings is 1. The number of sulfonamides is 1. The van der Waals surface area contributed by atoms with Crippen LogP contribution in [0, 0.1) is 0 Å². The van der Waals surface area contributed by atoms with E-state index in [9.17, 15) is 8.42 Å². The highest BCUT2D eigenvalue weighted by Gasteiger charge is 2.24. The third-order valence-corrected chi connectivity index (χ3v) is 5.17. The van der Waals surface area contributed by atoms with E-state index in [0.717, 1.165) is 6.54 Å². The number of hydrogen-bond acceptors (Lipinski definition) is 4. The number of anilines is 1. The fourth-order valence-corrected chi connectivity index (χ4v) is 4.18. The van der Waals surface area contributed by atoms with Crippen LogP contribution in [0.4, 0.5) is 5.69 Å². The van der Waals surface area contributed by atoms with Crippen LogP contribution in [-0.4, -0.2) is 40.0 Å². The molecule has 1 atom stereocenters. The molecule has 1 rings (SSSR count). The second-order valence-corrected chi connectivity index (χ2v) is 7.39. The average Bonchev–Trinajstić information content (AvgIpc) is 2.23. The van der Waals surface area contributed by atoms with Gasteiger partial charge < -0.3 is 10.6 Å². The lowest BCUT2D eigenvalue weighted by atomic mass is 10.2. The molecule has 0 aliphatic rings. The van der Waals surface area contributed by atoms with E-state index in [1.165, 1.54) is 12.1 Å². The van der Waals surface area contributed by atoms with Gasteiger partial charge in [0.05, 0.1) is 10.0 Å². The van der Waals surface area contributed by atoms with Crippen molar-refractivity contribution in [3.63, 3.8) is 0 Å². The molecule has 0 spiro atoms. The van der Waals surface area contributed by atoms with Crippen LogP contribution in [0.3, 0.4) is 0 Å². The molecule has 0 aliphatic heterocycles. The molecule has 3 N–H and O–H groups in total. The predicted molar refractivity (Wildman–Crippen MR) is 83.8 cm³/mol. The Labute approximate surface area is 130 Å². The maximum absolute atomic E-state index is 12.3. The molecule has 8 heteroatoms. The molecule has 5 nitrogen and oxygen atoms in total. The monoisotopic (exact) mass is 339 g/mol. The summed E-state index contributed by atoms with van der Waals surface area (Å²) in [6.45, 7) is 2.56. The Balaban J connectivity index is 2.95. The Morgan fingerprint density at radius 2 is 1.80 bits per heavy atom. The second kappa shape index (κ2) is 6.95. The van der Waals surface area contributed by atoms with Gasteiger partial charge in [-0.3, -0.25) is 0 Å². The van der Waals surface area contributed by atoms with Gasteiger partial charge >= 0.3 is 0 Å². The van der Waals surface area contributed by atoms with Crippen LogP contribution < -0.4 is 10.5 Å². The van der Waals surface area contributed by atoms with Crippen molar-refractivity contribution in [3.05, 3.63) is 22.2 Å². The van der Waals surface area contributed by atoms with Gasteiger partial charge in [-0.25, -0.2) is 13.1 Å². The topological polar surface area (TPSA) is 75.4 Å². The zero-order valence-electron chi connectivity index (χ0n) is 11.7. The van der Waals surface area contributed by atoms with Crippen molar-refractivity contribution in [2.45, 2.75) is 24.3 Å². The molecule has 20 heavy (non-hydrogen) atoms. The molecule has 0 bridgehead atoms. The van der Waals surface area contributed by atoms with Crippen LogP contribution in [0.5, 0.6) is 0 Å². The van der Waals surface area contributed by atoms with E-state index in [4.69, 9.17) is 28.9 Å². The van der Waals surface area contributed by atoms with Gasteiger partial charge in [0.15, 0.2) is 0 Å². The van der Waals surface area contributed by atoms with Crippen LogP contribution in [-0.2, 0) is 10.0 Å². The molecule has 0 aromatic heterocycles. The highest BCUT2D eigenvalue weighted by molar-refractivity contribution is 7.89. The first-order valence-electron chi connectivity index (χ1n) is 6.05. The average molecular weight is 340 g/mol. The molecule has 1 aromatic carbocycles. The summed E-state index contributed by atoms with van der Waals surface area (Å²) >= 11 is 11.9. The van der Waals surface area contributed by atoms with Crippen molar-refractivity contribution in [2.24, 2.45) is 0 Å².